The summed E-state index contributed by atoms with van der Waals surface area (Å²) in [5.74, 6) is -0.452. The van der Waals surface area contributed by atoms with E-state index in [0.717, 1.165) is 11.3 Å². The summed E-state index contributed by atoms with van der Waals surface area (Å²) in [6, 6.07) is 9.73. The van der Waals surface area contributed by atoms with E-state index >= 15 is 0 Å². The van der Waals surface area contributed by atoms with Gasteiger partial charge in [0.15, 0.2) is 5.13 Å². The molecule has 0 radical (unpaired) electrons. The number of halogens is 2. The van der Waals surface area contributed by atoms with Crippen LogP contribution in [0.2, 0.25) is 5.02 Å². The Labute approximate surface area is 112 Å². The van der Waals surface area contributed by atoms with E-state index < -0.39 is 11.0 Å². The highest BCUT2D eigenvalue weighted by Gasteiger charge is 2.07. The number of hydrogen-bond donors (Lipinski definition) is 1. The molecular weight excluding hydrogens is 275 g/mol. The van der Waals surface area contributed by atoms with Gasteiger partial charge in [-0.1, -0.05) is 29.8 Å². The van der Waals surface area contributed by atoms with Crippen molar-refractivity contribution in [2.75, 3.05) is 0 Å². The van der Waals surface area contributed by atoms with Gasteiger partial charge in [0.2, 0.25) is 0 Å². The van der Waals surface area contributed by atoms with E-state index in [1.807, 2.05) is 6.07 Å². The Kier molecular flexibility index (Phi) is 4.07. The van der Waals surface area contributed by atoms with E-state index in [9.17, 15) is 9.18 Å². The van der Waals surface area contributed by atoms with Crippen LogP contribution < -0.4 is 5.43 Å². The zero-order valence-corrected chi connectivity index (χ0v) is 10.6. The number of rotatable bonds is 3. The molecule has 0 fully saturated rings. The van der Waals surface area contributed by atoms with E-state index in [2.05, 4.69) is 10.5 Å². The Morgan fingerprint density at radius 3 is 2.78 bits per heavy atom. The standard InChI is InChI=1S/C12H8ClFN2OS/c13-9-4-2-1-3-8(9)7-15-16-12(17)10-5-6-11(14)18-10/h1-7H,(H,16,17). The summed E-state index contributed by atoms with van der Waals surface area (Å²) < 4.78 is 12.7. The Bertz CT molecular complexity index is 597. The van der Waals surface area contributed by atoms with Crippen molar-refractivity contribution in [3.05, 3.63) is 57.0 Å². The first-order chi connectivity index (χ1) is 8.66. The number of amides is 1. The number of hydrazone groups is 1. The highest BCUT2D eigenvalue weighted by Crippen LogP contribution is 2.14. The second kappa shape index (κ2) is 5.75. The van der Waals surface area contributed by atoms with Crippen molar-refractivity contribution < 1.29 is 9.18 Å². The zero-order chi connectivity index (χ0) is 13.0. The van der Waals surface area contributed by atoms with Crippen molar-refractivity contribution in [1.29, 1.82) is 0 Å². The monoisotopic (exact) mass is 282 g/mol. The molecule has 0 spiro atoms. The lowest BCUT2D eigenvalue weighted by molar-refractivity contribution is 0.0959. The Hall–Kier alpha value is -1.72. The summed E-state index contributed by atoms with van der Waals surface area (Å²) in [6.07, 6.45) is 1.43. The Balaban J connectivity index is 2.00. The fraction of sp³-hybridized carbons (Fsp3) is 0. The minimum absolute atomic E-state index is 0.267. The molecule has 1 heterocycles. The second-order valence-corrected chi connectivity index (χ2v) is 4.77. The first-order valence-electron chi connectivity index (χ1n) is 5.00. The Morgan fingerprint density at radius 1 is 1.33 bits per heavy atom. The molecule has 0 saturated heterocycles. The van der Waals surface area contributed by atoms with Crippen LogP contribution in [0.5, 0.6) is 0 Å². The number of benzene rings is 1. The van der Waals surface area contributed by atoms with Gasteiger partial charge in [-0.3, -0.25) is 4.79 Å². The number of thiophene rings is 1. The lowest BCUT2D eigenvalue weighted by Gasteiger charge is -1.97. The summed E-state index contributed by atoms with van der Waals surface area (Å²) in [7, 11) is 0. The fourth-order valence-corrected chi connectivity index (χ4v) is 2.04. The van der Waals surface area contributed by atoms with Crippen molar-refractivity contribution in [2.45, 2.75) is 0 Å². The van der Waals surface area contributed by atoms with Crippen molar-refractivity contribution in [1.82, 2.24) is 5.43 Å². The molecule has 0 atom stereocenters. The number of carbonyl (C=O) groups is 1. The van der Waals surface area contributed by atoms with Gasteiger partial charge in [-0.25, -0.2) is 5.43 Å². The molecule has 6 heteroatoms. The third-order valence-corrected chi connectivity index (χ3v) is 3.29. The molecule has 1 aromatic carbocycles. The summed E-state index contributed by atoms with van der Waals surface area (Å²) >= 11 is 6.67. The third kappa shape index (κ3) is 3.15. The fourth-order valence-electron chi connectivity index (χ4n) is 1.23. The van der Waals surface area contributed by atoms with Crippen LogP contribution in [-0.4, -0.2) is 12.1 Å². The van der Waals surface area contributed by atoms with Gasteiger partial charge in [-0.2, -0.15) is 9.49 Å². The zero-order valence-electron chi connectivity index (χ0n) is 9.06. The summed E-state index contributed by atoms with van der Waals surface area (Å²) in [4.78, 5) is 11.8. The van der Waals surface area contributed by atoms with Crippen LogP contribution in [-0.2, 0) is 0 Å². The van der Waals surface area contributed by atoms with Crippen molar-refractivity contribution in [2.24, 2.45) is 5.10 Å². The molecule has 0 saturated carbocycles. The maximum absolute atomic E-state index is 12.7. The van der Waals surface area contributed by atoms with Gasteiger partial charge in [0.25, 0.3) is 5.91 Å². The molecule has 0 aliphatic heterocycles. The summed E-state index contributed by atoms with van der Waals surface area (Å²) in [5.41, 5.74) is 3.00. The molecule has 0 aliphatic rings. The van der Waals surface area contributed by atoms with Gasteiger partial charge in [0.05, 0.1) is 11.1 Å². The van der Waals surface area contributed by atoms with Crippen LogP contribution in [0.15, 0.2) is 41.5 Å². The normalized spacial score (nSPS) is 10.8. The molecular formula is C12H8ClFN2OS. The van der Waals surface area contributed by atoms with Crippen molar-refractivity contribution >= 4 is 35.1 Å². The first-order valence-corrected chi connectivity index (χ1v) is 6.19. The number of carbonyl (C=O) groups excluding carboxylic acids is 1. The van der Waals surface area contributed by atoms with Gasteiger partial charge in [0.1, 0.15) is 0 Å². The molecule has 2 aromatic rings. The van der Waals surface area contributed by atoms with Crippen LogP contribution in [0.1, 0.15) is 15.2 Å². The minimum atomic E-state index is -0.452. The van der Waals surface area contributed by atoms with Gasteiger partial charge in [-0.05, 0) is 18.2 Å². The number of nitrogens with zero attached hydrogens (tertiary/aromatic N) is 1. The molecule has 0 aliphatic carbocycles. The maximum Gasteiger partial charge on any atom is 0.281 e. The quantitative estimate of drug-likeness (QED) is 0.681. The average Bonchev–Trinajstić information content (AvgIpc) is 2.78. The van der Waals surface area contributed by atoms with Crippen LogP contribution >= 0.6 is 22.9 Å². The second-order valence-electron chi connectivity index (χ2n) is 3.32. The molecule has 18 heavy (non-hydrogen) atoms. The lowest BCUT2D eigenvalue weighted by Crippen LogP contribution is -2.16. The smallest absolute Gasteiger partial charge is 0.266 e. The van der Waals surface area contributed by atoms with Crippen molar-refractivity contribution in [3.8, 4) is 0 Å². The Morgan fingerprint density at radius 2 is 2.11 bits per heavy atom. The SMILES string of the molecule is O=C(NN=Cc1ccccc1Cl)c1ccc(F)s1. The molecule has 2 rings (SSSR count). The highest BCUT2D eigenvalue weighted by atomic mass is 35.5. The molecule has 1 aromatic heterocycles. The van der Waals surface area contributed by atoms with E-state index in [4.69, 9.17) is 11.6 Å². The molecule has 3 nitrogen and oxygen atoms in total. The van der Waals surface area contributed by atoms with Gasteiger partial charge in [0, 0.05) is 10.6 Å². The first kappa shape index (κ1) is 12.7. The van der Waals surface area contributed by atoms with Gasteiger partial charge in [-0.15, -0.1) is 11.3 Å². The van der Waals surface area contributed by atoms with E-state index in [1.54, 1.807) is 18.2 Å². The van der Waals surface area contributed by atoms with E-state index in [1.165, 1.54) is 18.3 Å². The molecule has 92 valence electrons. The summed E-state index contributed by atoms with van der Waals surface area (Å²) in [6.45, 7) is 0. The van der Waals surface area contributed by atoms with Crippen LogP contribution in [0.3, 0.4) is 0 Å². The lowest BCUT2D eigenvalue weighted by atomic mass is 10.2. The topological polar surface area (TPSA) is 41.5 Å². The van der Waals surface area contributed by atoms with E-state index in [0.29, 0.717) is 10.6 Å². The van der Waals surface area contributed by atoms with Crippen molar-refractivity contribution in [3.63, 3.8) is 0 Å². The largest absolute Gasteiger partial charge is 0.281 e. The molecule has 0 unspecified atom stereocenters. The molecule has 0 bridgehead atoms. The van der Waals surface area contributed by atoms with Crippen LogP contribution in [0.4, 0.5) is 4.39 Å². The third-order valence-electron chi connectivity index (χ3n) is 2.07. The summed E-state index contributed by atoms with van der Waals surface area (Å²) in [5, 5.41) is 3.90. The predicted molar refractivity (Wildman–Crippen MR) is 70.8 cm³/mol. The van der Waals surface area contributed by atoms with Crippen LogP contribution in [0, 0.1) is 5.13 Å². The minimum Gasteiger partial charge on any atom is -0.266 e. The van der Waals surface area contributed by atoms with Gasteiger partial charge >= 0.3 is 0 Å². The molecule has 1 amide bonds. The molecule has 1 N–H and O–H groups in total. The average molecular weight is 283 g/mol. The maximum atomic E-state index is 12.7. The van der Waals surface area contributed by atoms with E-state index in [-0.39, 0.29) is 4.88 Å². The predicted octanol–water partition coefficient (Wildman–Crippen LogP) is 3.30. The highest BCUT2D eigenvalue weighted by molar-refractivity contribution is 7.12. The number of nitrogens with one attached hydrogen (secondary N) is 1. The van der Waals surface area contributed by atoms with Crippen LogP contribution in [0.25, 0.3) is 0 Å². The number of hydrogen-bond acceptors (Lipinski definition) is 3. The van der Waals surface area contributed by atoms with Gasteiger partial charge < -0.3 is 0 Å².